The number of carboxylic acids is 1. The number of likely N-dealkylation sites (N-methyl/N-ethyl adjacent to an activating group) is 1. The smallest absolute Gasteiger partial charge is 0.361 e. The lowest BCUT2D eigenvalue weighted by Crippen LogP contribution is -2.40. The number of carbonyl (C=O) groups is 3. The van der Waals surface area contributed by atoms with Crippen molar-refractivity contribution in [1.82, 2.24) is 0 Å². The number of carbonyl (C=O) groups excluding carboxylic acids is 2. The van der Waals surface area contributed by atoms with Crippen molar-refractivity contribution in [3.05, 3.63) is 85.1 Å². The van der Waals surface area contributed by atoms with Gasteiger partial charge in [0.05, 0.1) is 34.4 Å². The highest BCUT2D eigenvalue weighted by molar-refractivity contribution is 5.71. The van der Waals surface area contributed by atoms with Crippen LogP contribution in [-0.4, -0.2) is 87.4 Å². The molecule has 0 aromatic rings. The van der Waals surface area contributed by atoms with Crippen LogP contribution in [0, 0.1) is 0 Å². The van der Waals surface area contributed by atoms with Crippen LogP contribution < -0.4 is 0 Å². The highest BCUT2D eigenvalue weighted by Gasteiger charge is 2.25. The van der Waals surface area contributed by atoms with Gasteiger partial charge in [0.25, 0.3) is 6.29 Å². The zero-order valence-corrected chi connectivity index (χ0v) is 63.3. The number of allylic oxidation sites excluding steroid dienone is 14. The molecule has 0 aromatic carbocycles. The van der Waals surface area contributed by atoms with Crippen molar-refractivity contribution in [2.75, 3.05) is 47.5 Å². The standard InChI is InChI=1S/C86H155NO8/c1-6-8-10-12-14-16-18-20-22-24-26-28-30-32-34-36-38-40-42-44-46-48-50-52-54-56-58-60-62-64-66-68-70-72-74-76-83(88)93-80-82(81-94-86(85(90)91)92-79-78-87(3,4)5)95-84(89)77-75-73-71-69-67-65-63-61-59-57-55-53-51-49-47-45-43-41-39-37-35-33-31-29-27-25-23-21-19-17-15-13-11-9-7-2/h9,11,15,17,21,23,27,29,33,35,39,41,45,47,82,86H,6-8,10,12-14,16,18-20,22,24-26,28,30-32,34,36-38,40,42-44,46,48-81H2,1-5H3/p+1/b11-9-,17-15-,23-21-,29-27-,35-33-,41-39-,47-45-. The molecular formula is C86H156NO8+. The minimum Gasteiger partial charge on any atom is -0.477 e. The van der Waals surface area contributed by atoms with Crippen LogP contribution in [0.4, 0.5) is 0 Å². The molecule has 95 heavy (non-hydrogen) atoms. The molecule has 0 amide bonds. The van der Waals surface area contributed by atoms with Gasteiger partial charge in [0, 0.05) is 12.8 Å². The third-order valence-electron chi connectivity index (χ3n) is 18.2. The zero-order chi connectivity index (χ0) is 69.0. The van der Waals surface area contributed by atoms with Crippen LogP contribution in [0.15, 0.2) is 85.1 Å². The topological polar surface area (TPSA) is 108 Å². The molecule has 0 bridgehead atoms. The highest BCUT2D eigenvalue weighted by Crippen LogP contribution is 2.20. The van der Waals surface area contributed by atoms with Crippen LogP contribution in [0.1, 0.15) is 386 Å². The van der Waals surface area contributed by atoms with Gasteiger partial charge < -0.3 is 28.5 Å². The van der Waals surface area contributed by atoms with E-state index in [4.69, 9.17) is 18.9 Å². The first-order valence-electron chi connectivity index (χ1n) is 40.8. The number of rotatable bonds is 76. The molecule has 2 atom stereocenters. The van der Waals surface area contributed by atoms with E-state index in [0.717, 1.165) is 83.5 Å². The van der Waals surface area contributed by atoms with Crippen molar-refractivity contribution in [2.24, 2.45) is 0 Å². The van der Waals surface area contributed by atoms with E-state index < -0.39 is 24.3 Å². The molecule has 0 saturated carbocycles. The number of ether oxygens (including phenoxy) is 4. The fourth-order valence-corrected chi connectivity index (χ4v) is 12.0. The van der Waals surface area contributed by atoms with Gasteiger partial charge in [-0.05, 0) is 70.6 Å². The molecule has 0 heterocycles. The van der Waals surface area contributed by atoms with E-state index in [1.54, 1.807) is 0 Å². The van der Waals surface area contributed by atoms with Crippen molar-refractivity contribution in [1.29, 1.82) is 0 Å². The molecule has 0 fully saturated rings. The lowest BCUT2D eigenvalue weighted by molar-refractivity contribution is -0.870. The lowest BCUT2D eigenvalue weighted by Gasteiger charge is -2.25. The molecule has 0 spiro atoms. The third kappa shape index (κ3) is 77.7. The Morgan fingerprint density at radius 2 is 0.600 bits per heavy atom. The van der Waals surface area contributed by atoms with E-state index in [-0.39, 0.29) is 32.2 Å². The molecule has 552 valence electrons. The Morgan fingerprint density at radius 1 is 0.326 bits per heavy atom. The van der Waals surface area contributed by atoms with Crippen molar-refractivity contribution in [2.45, 2.75) is 399 Å². The molecule has 0 aliphatic heterocycles. The number of nitrogens with zero attached hydrogens (tertiary/aromatic N) is 1. The summed E-state index contributed by atoms with van der Waals surface area (Å²) in [6.45, 7) is 4.82. The second kappa shape index (κ2) is 76.2. The molecule has 0 saturated heterocycles. The number of quaternary nitrogens is 1. The summed E-state index contributed by atoms with van der Waals surface area (Å²) in [7, 11) is 5.99. The number of esters is 2. The van der Waals surface area contributed by atoms with Gasteiger partial charge in [0.15, 0.2) is 6.10 Å². The molecule has 2 unspecified atom stereocenters. The van der Waals surface area contributed by atoms with Gasteiger partial charge in [-0.25, -0.2) is 4.79 Å². The SMILES string of the molecule is CC/C=C\C/C=C\C/C=C\C/C=C\C/C=C\C/C=C\C/C=C\CCCCCCCCCCCCCCCC(=O)OC(COC(=O)CCCCCCCCCCCCCCCCCCCCCCCCCCCCCCCCCCCCC)COC(OCC[N+](C)(C)C)C(=O)O. The van der Waals surface area contributed by atoms with Gasteiger partial charge in [-0.1, -0.05) is 388 Å². The van der Waals surface area contributed by atoms with Gasteiger partial charge in [-0.2, -0.15) is 0 Å². The van der Waals surface area contributed by atoms with E-state index in [1.807, 2.05) is 21.1 Å². The molecule has 1 N–H and O–H groups in total. The molecule has 0 radical (unpaired) electrons. The largest absolute Gasteiger partial charge is 0.477 e. The predicted octanol–water partition coefficient (Wildman–Crippen LogP) is 26.2. The predicted molar refractivity (Wildman–Crippen MR) is 410 cm³/mol. The Hall–Kier alpha value is -3.53. The fourth-order valence-electron chi connectivity index (χ4n) is 12.0. The van der Waals surface area contributed by atoms with E-state index in [0.29, 0.717) is 17.4 Å². The maximum Gasteiger partial charge on any atom is 0.361 e. The van der Waals surface area contributed by atoms with Gasteiger partial charge in [0.1, 0.15) is 13.2 Å². The van der Waals surface area contributed by atoms with E-state index in [9.17, 15) is 19.5 Å². The summed E-state index contributed by atoms with van der Waals surface area (Å²) in [6.07, 6.45) is 102. The normalized spacial score (nSPS) is 13.1. The summed E-state index contributed by atoms with van der Waals surface area (Å²) in [5, 5.41) is 9.78. The molecule has 0 rings (SSSR count). The van der Waals surface area contributed by atoms with Crippen molar-refractivity contribution < 1.29 is 42.9 Å². The second-order valence-electron chi connectivity index (χ2n) is 28.7. The summed E-state index contributed by atoms with van der Waals surface area (Å²) < 4.78 is 23.1. The van der Waals surface area contributed by atoms with Gasteiger partial charge >= 0.3 is 17.9 Å². The summed E-state index contributed by atoms with van der Waals surface area (Å²) in [5.41, 5.74) is 0. The Bertz CT molecular complexity index is 1840. The molecule has 9 heteroatoms. The van der Waals surface area contributed by atoms with Crippen LogP contribution in [0.2, 0.25) is 0 Å². The van der Waals surface area contributed by atoms with Crippen molar-refractivity contribution in [3.63, 3.8) is 0 Å². The molecule has 0 aliphatic rings. The second-order valence-corrected chi connectivity index (χ2v) is 28.7. The average molecular weight is 1330 g/mol. The van der Waals surface area contributed by atoms with Crippen molar-refractivity contribution >= 4 is 17.9 Å². The van der Waals surface area contributed by atoms with Gasteiger partial charge in [-0.3, -0.25) is 9.59 Å². The minimum absolute atomic E-state index is 0.181. The maximum absolute atomic E-state index is 13.0. The summed E-state index contributed by atoms with van der Waals surface area (Å²) in [5.74, 6) is -1.99. The van der Waals surface area contributed by atoms with Crippen LogP contribution in [0.3, 0.4) is 0 Å². The quantitative estimate of drug-likeness (QED) is 0.0211. The molecule has 9 nitrogen and oxygen atoms in total. The van der Waals surface area contributed by atoms with E-state index in [2.05, 4.69) is 98.9 Å². The van der Waals surface area contributed by atoms with Crippen LogP contribution in [0.25, 0.3) is 0 Å². The number of carboxylic acid groups (broad SMARTS) is 1. The summed E-state index contributed by atoms with van der Waals surface area (Å²) in [4.78, 5) is 37.8. The highest BCUT2D eigenvalue weighted by atomic mass is 16.7. The molecule has 0 aromatic heterocycles. The molecule has 0 aliphatic carbocycles. The average Bonchev–Trinajstić information content (AvgIpc) is 3.58. The Kier molecular flexibility index (Phi) is 73.4. The first kappa shape index (κ1) is 91.5. The van der Waals surface area contributed by atoms with Crippen LogP contribution in [0.5, 0.6) is 0 Å². The zero-order valence-electron chi connectivity index (χ0n) is 63.3. The van der Waals surface area contributed by atoms with Crippen LogP contribution >= 0.6 is 0 Å². The molecular weight excluding hydrogens is 1170 g/mol. The number of hydrogen-bond donors (Lipinski definition) is 1. The van der Waals surface area contributed by atoms with Gasteiger partial charge in [0.2, 0.25) is 0 Å². The van der Waals surface area contributed by atoms with E-state index >= 15 is 0 Å². The fraction of sp³-hybridized carbons (Fsp3) is 0.802. The number of aliphatic carboxylic acids is 1. The van der Waals surface area contributed by atoms with Crippen molar-refractivity contribution in [3.8, 4) is 0 Å². The summed E-state index contributed by atoms with van der Waals surface area (Å²) >= 11 is 0. The Morgan fingerprint density at radius 3 is 0.895 bits per heavy atom. The summed E-state index contributed by atoms with van der Waals surface area (Å²) in [6, 6.07) is 0. The number of hydrogen-bond acceptors (Lipinski definition) is 7. The van der Waals surface area contributed by atoms with Gasteiger partial charge in [-0.15, -0.1) is 0 Å². The maximum atomic E-state index is 13.0. The monoisotopic (exact) mass is 1330 g/mol. The Labute approximate surface area is 589 Å². The first-order chi connectivity index (χ1) is 46.6. The Balaban J connectivity index is 4.00. The number of unbranched alkanes of at least 4 members (excludes halogenated alkanes) is 47. The van der Waals surface area contributed by atoms with E-state index in [1.165, 1.54) is 276 Å². The van der Waals surface area contributed by atoms with Crippen LogP contribution in [-0.2, 0) is 33.3 Å². The first-order valence-corrected chi connectivity index (χ1v) is 40.8. The minimum atomic E-state index is -1.51. The lowest BCUT2D eigenvalue weighted by atomic mass is 10.0. The third-order valence-corrected chi connectivity index (χ3v) is 18.2.